The molecule has 9 heteroatoms. The minimum Gasteiger partial charge on any atom is -0.369 e. The zero-order chi connectivity index (χ0) is 28.1. The van der Waals surface area contributed by atoms with Crippen molar-refractivity contribution in [1.29, 1.82) is 0 Å². The Morgan fingerprint density at radius 1 is 0.950 bits per heavy atom. The lowest BCUT2D eigenvalue weighted by molar-refractivity contribution is -0.128. The van der Waals surface area contributed by atoms with E-state index in [0.29, 0.717) is 13.1 Å². The molecular weight excluding hydrogens is 530 g/mol. The van der Waals surface area contributed by atoms with E-state index in [1.165, 1.54) is 36.0 Å². The highest BCUT2D eigenvalue weighted by Gasteiger charge is 2.39. The summed E-state index contributed by atoms with van der Waals surface area (Å²) >= 11 is 1.43. The van der Waals surface area contributed by atoms with Gasteiger partial charge in [0, 0.05) is 43.3 Å². The van der Waals surface area contributed by atoms with Gasteiger partial charge < -0.3 is 15.1 Å². The number of piperazine rings is 1. The molecule has 40 heavy (non-hydrogen) atoms. The Morgan fingerprint density at radius 2 is 1.60 bits per heavy atom. The molecule has 5 rings (SSSR count). The molecule has 0 spiro atoms. The lowest BCUT2D eigenvalue weighted by atomic mass is 10.0. The fourth-order valence-electron chi connectivity index (χ4n) is 5.19. The number of thioether (sulfide) groups is 1. The maximum absolute atomic E-state index is 13.6. The highest BCUT2D eigenvalue weighted by molar-refractivity contribution is 8.01. The molecule has 6 nitrogen and oxygen atoms in total. The zero-order valence-electron chi connectivity index (χ0n) is 22.6. The molecule has 3 aromatic carbocycles. The van der Waals surface area contributed by atoms with Crippen molar-refractivity contribution in [2.24, 2.45) is 5.92 Å². The van der Waals surface area contributed by atoms with Gasteiger partial charge in [0.05, 0.1) is 18.2 Å². The zero-order valence-corrected chi connectivity index (χ0v) is 23.4. The maximum atomic E-state index is 13.6. The second-order valence-electron chi connectivity index (χ2n) is 10.3. The average molecular weight is 565 g/mol. The number of anilines is 2. The second kappa shape index (κ2) is 12.8. The van der Waals surface area contributed by atoms with E-state index in [4.69, 9.17) is 0 Å². The minimum atomic E-state index is -0.546. The molecule has 0 aliphatic carbocycles. The Labute approximate surface area is 238 Å². The van der Waals surface area contributed by atoms with Gasteiger partial charge >= 0.3 is 0 Å². The van der Waals surface area contributed by atoms with Crippen molar-refractivity contribution in [1.82, 2.24) is 10.2 Å². The number of carbonyl (C=O) groups is 2. The third kappa shape index (κ3) is 6.64. The molecule has 2 aliphatic rings. The van der Waals surface area contributed by atoms with Crippen LogP contribution < -0.4 is 15.1 Å². The Bertz CT molecular complexity index is 1310. The lowest BCUT2D eigenvalue weighted by Gasteiger charge is -2.36. The molecule has 2 aliphatic heterocycles. The molecule has 0 bridgehead atoms. The Hall–Kier alpha value is -3.43. The number of rotatable bonds is 9. The quantitative estimate of drug-likeness (QED) is 0.374. The van der Waals surface area contributed by atoms with Crippen LogP contribution in [-0.4, -0.2) is 61.2 Å². The average Bonchev–Trinajstić information content (AvgIpc) is 2.98. The van der Waals surface area contributed by atoms with E-state index in [2.05, 4.69) is 15.1 Å². The fraction of sp³-hybridized carbons (Fsp3) is 0.355. The van der Waals surface area contributed by atoms with Crippen LogP contribution in [0.2, 0.25) is 0 Å². The molecule has 2 amide bonds. The number of nitrogens with zero attached hydrogens (tertiary/aromatic N) is 3. The number of carbonyl (C=O) groups excluding carboxylic acids is 2. The summed E-state index contributed by atoms with van der Waals surface area (Å²) in [6.07, 6.45) is 0.820. The van der Waals surface area contributed by atoms with Crippen LogP contribution in [0.1, 0.15) is 18.9 Å². The molecule has 0 unspecified atom stereocenters. The van der Waals surface area contributed by atoms with Crippen molar-refractivity contribution in [3.05, 3.63) is 90.0 Å². The van der Waals surface area contributed by atoms with Crippen molar-refractivity contribution >= 4 is 35.0 Å². The topological polar surface area (TPSA) is 55.9 Å². The molecule has 0 saturated carbocycles. The van der Waals surface area contributed by atoms with Gasteiger partial charge in [-0.2, -0.15) is 0 Å². The first-order valence-electron chi connectivity index (χ1n) is 13.7. The van der Waals surface area contributed by atoms with Crippen LogP contribution in [0.15, 0.2) is 77.7 Å². The van der Waals surface area contributed by atoms with Crippen LogP contribution in [0.4, 0.5) is 20.2 Å². The van der Waals surface area contributed by atoms with E-state index >= 15 is 0 Å². The number of hydrogen-bond donors (Lipinski definition) is 1. The molecule has 0 radical (unpaired) electrons. The number of benzene rings is 3. The molecule has 1 fully saturated rings. The van der Waals surface area contributed by atoms with Gasteiger partial charge in [-0.05, 0) is 67.1 Å². The van der Waals surface area contributed by atoms with Crippen LogP contribution in [0.5, 0.6) is 0 Å². The molecule has 3 aromatic rings. The number of fused-ring (bicyclic) bond motifs is 1. The van der Waals surface area contributed by atoms with Crippen LogP contribution in [-0.2, 0) is 16.1 Å². The van der Waals surface area contributed by atoms with Gasteiger partial charge in [-0.1, -0.05) is 31.2 Å². The van der Waals surface area contributed by atoms with Crippen molar-refractivity contribution in [3.8, 4) is 0 Å². The fourth-order valence-corrected chi connectivity index (χ4v) is 6.47. The molecule has 210 valence electrons. The lowest BCUT2D eigenvalue weighted by Crippen LogP contribution is -2.48. The first kappa shape index (κ1) is 28.1. The predicted molar refractivity (Wildman–Crippen MR) is 156 cm³/mol. The van der Waals surface area contributed by atoms with Crippen LogP contribution in [0, 0.1) is 17.6 Å². The van der Waals surface area contributed by atoms with Crippen molar-refractivity contribution < 1.29 is 18.4 Å². The van der Waals surface area contributed by atoms with Crippen LogP contribution >= 0.6 is 11.8 Å². The van der Waals surface area contributed by atoms with Crippen molar-refractivity contribution in [2.75, 3.05) is 49.1 Å². The Balaban J connectivity index is 1.11. The summed E-state index contributed by atoms with van der Waals surface area (Å²) in [5.74, 6) is -1.30. The monoisotopic (exact) mass is 564 g/mol. The van der Waals surface area contributed by atoms with Gasteiger partial charge in [-0.3, -0.25) is 14.5 Å². The second-order valence-corrected chi connectivity index (χ2v) is 11.5. The summed E-state index contributed by atoms with van der Waals surface area (Å²) < 4.78 is 26.6. The summed E-state index contributed by atoms with van der Waals surface area (Å²) in [7, 11) is 0. The van der Waals surface area contributed by atoms with E-state index in [0.717, 1.165) is 61.0 Å². The van der Waals surface area contributed by atoms with E-state index in [1.807, 2.05) is 43.3 Å². The molecular formula is C31H34F2N4O2S. The van der Waals surface area contributed by atoms with E-state index in [1.54, 1.807) is 17.0 Å². The molecule has 1 N–H and O–H groups in total. The Morgan fingerprint density at radius 3 is 2.30 bits per heavy atom. The normalized spacial score (nSPS) is 18.4. The van der Waals surface area contributed by atoms with Gasteiger partial charge in [0.2, 0.25) is 11.8 Å². The summed E-state index contributed by atoms with van der Waals surface area (Å²) in [5, 5.41) is 2.49. The highest BCUT2D eigenvalue weighted by atomic mass is 32.2. The number of para-hydroxylation sites is 1. The number of nitrogens with one attached hydrogen (secondary N) is 1. The van der Waals surface area contributed by atoms with Gasteiger partial charge in [-0.15, -0.1) is 11.8 Å². The smallest absolute Gasteiger partial charge is 0.241 e. The van der Waals surface area contributed by atoms with Crippen LogP contribution in [0.3, 0.4) is 0 Å². The van der Waals surface area contributed by atoms with E-state index in [-0.39, 0.29) is 23.4 Å². The first-order chi connectivity index (χ1) is 19.4. The van der Waals surface area contributed by atoms with Gasteiger partial charge in [0.1, 0.15) is 16.9 Å². The van der Waals surface area contributed by atoms with E-state index in [9.17, 15) is 18.4 Å². The summed E-state index contributed by atoms with van der Waals surface area (Å²) in [4.78, 5) is 34.0. The van der Waals surface area contributed by atoms with E-state index < -0.39 is 11.2 Å². The number of amides is 2. The maximum Gasteiger partial charge on any atom is 0.241 e. The van der Waals surface area contributed by atoms with Crippen LogP contribution in [0.25, 0.3) is 0 Å². The number of halogens is 2. The van der Waals surface area contributed by atoms with Gasteiger partial charge in [-0.25, -0.2) is 8.78 Å². The summed E-state index contributed by atoms with van der Waals surface area (Å²) in [6, 6.07) is 20.5. The molecule has 2 atom stereocenters. The third-order valence-corrected chi connectivity index (χ3v) is 9.02. The standard InChI is InChI=1S/C31H34F2N4O2S/c1-22(30(38)34-15-4-16-35-17-19-36(20-18-35)26-13-11-25(33)12-14-26)29-31(39)37(21-23-7-9-24(32)10-8-23)27-5-2-3-6-28(27)40-29/h2-3,5-14,22,29H,4,15-21H2,1H3,(H,34,38)/t22-,29-/m1/s1. The molecule has 0 aromatic heterocycles. The van der Waals surface area contributed by atoms with Crippen molar-refractivity contribution in [3.63, 3.8) is 0 Å². The summed E-state index contributed by atoms with van der Waals surface area (Å²) in [6.45, 7) is 7.14. The third-order valence-electron chi connectivity index (χ3n) is 7.56. The van der Waals surface area contributed by atoms with Gasteiger partial charge in [0.15, 0.2) is 0 Å². The SMILES string of the molecule is C[C@@H](C(=O)NCCCN1CCN(c2ccc(F)cc2)CC1)[C@H]1Sc2ccccc2N(Cc2ccc(F)cc2)C1=O. The van der Waals surface area contributed by atoms with Gasteiger partial charge in [0.25, 0.3) is 0 Å². The minimum absolute atomic E-state index is 0.116. The highest BCUT2D eigenvalue weighted by Crippen LogP contribution is 2.42. The first-order valence-corrected chi connectivity index (χ1v) is 14.6. The molecule has 2 heterocycles. The number of hydrogen-bond acceptors (Lipinski definition) is 5. The largest absolute Gasteiger partial charge is 0.369 e. The van der Waals surface area contributed by atoms with Crippen molar-refractivity contribution in [2.45, 2.75) is 30.0 Å². The summed E-state index contributed by atoms with van der Waals surface area (Å²) in [5.41, 5.74) is 2.67. The predicted octanol–water partition coefficient (Wildman–Crippen LogP) is 4.94. The Kier molecular flexibility index (Phi) is 9.01. The molecule has 1 saturated heterocycles.